The van der Waals surface area contributed by atoms with Crippen LogP contribution >= 0.6 is 23.2 Å². The fourth-order valence-electron chi connectivity index (χ4n) is 3.36. The SMILES string of the molecule is CC(C)c1nc(-c2ccc3cc(N(CC(=O)O)S(=O)(=O)c4cc(Cl)cc(Cl)c4)ccc3c2)no1. The molecule has 0 saturated carbocycles. The van der Waals surface area contributed by atoms with Crippen molar-refractivity contribution in [1.29, 1.82) is 0 Å². The fourth-order valence-corrected chi connectivity index (χ4v) is 5.49. The third kappa shape index (κ3) is 4.86. The van der Waals surface area contributed by atoms with Gasteiger partial charge in [-0.25, -0.2) is 8.42 Å². The summed E-state index contributed by atoms with van der Waals surface area (Å²) >= 11 is 11.9. The summed E-state index contributed by atoms with van der Waals surface area (Å²) in [5.74, 6) is -0.241. The number of aromatic nitrogens is 2. The van der Waals surface area contributed by atoms with Gasteiger partial charge in [0.1, 0.15) is 6.54 Å². The zero-order valence-corrected chi connectivity index (χ0v) is 20.4. The lowest BCUT2D eigenvalue weighted by Crippen LogP contribution is -2.35. The summed E-state index contributed by atoms with van der Waals surface area (Å²) in [6.45, 7) is 3.12. The molecule has 4 aromatic rings. The van der Waals surface area contributed by atoms with E-state index in [1.54, 1.807) is 24.3 Å². The van der Waals surface area contributed by atoms with Crippen molar-refractivity contribution in [2.75, 3.05) is 10.8 Å². The number of rotatable bonds is 7. The topological polar surface area (TPSA) is 114 Å². The average molecular weight is 520 g/mol. The highest BCUT2D eigenvalue weighted by molar-refractivity contribution is 7.92. The van der Waals surface area contributed by atoms with Gasteiger partial charge in [0.25, 0.3) is 10.0 Å². The number of hydrogen-bond acceptors (Lipinski definition) is 6. The van der Waals surface area contributed by atoms with E-state index in [-0.39, 0.29) is 26.5 Å². The van der Waals surface area contributed by atoms with Gasteiger partial charge in [-0.1, -0.05) is 60.4 Å². The number of nitrogens with zero attached hydrogens (tertiary/aromatic N) is 3. The third-order valence-corrected chi connectivity index (χ3v) is 7.20. The van der Waals surface area contributed by atoms with Gasteiger partial charge in [0.2, 0.25) is 11.7 Å². The molecule has 0 aliphatic carbocycles. The van der Waals surface area contributed by atoms with Gasteiger partial charge in [-0.2, -0.15) is 4.98 Å². The Kier molecular flexibility index (Phi) is 6.53. The summed E-state index contributed by atoms with van der Waals surface area (Å²) in [5.41, 5.74) is 0.917. The number of carboxylic acid groups (broad SMARTS) is 1. The van der Waals surface area contributed by atoms with E-state index in [1.165, 1.54) is 24.3 Å². The number of fused-ring (bicyclic) bond motifs is 1. The zero-order valence-electron chi connectivity index (χ0n) is 18.1. The Bertz CT molecular complexity index is 1480. The molecule has 0 radical (unpaired) electrons. The van der Waals surface area contributed by atoms with E-state index in [9.17, 15) is 18.3 Å². The zero-order chi connectivity index (χ0) is 24.6. The van der Waals surface area contributed by atoms with Gasteiger partial charge >= 0.3 is 5.97 Å². The van der Waals surface area contributed by atoms with Crippen molar-refractivity contribution in [3.63, 3.8) is 0 Å². The highest BCUT2D eigenvalue weighted by Gasteiger charge is 2.28. The molecule has 1 aromatic heterocycles. The first-order chi connectivity index (χ1) is 16.0. The summed E-state index contributed by atoms with van der Waals surface area (Å²) in [7, 11) is -4.27. The number of sulfonamides is 1. The number of carbonyl (C=O) groups is 1. The molecule has 0 bridgehead atoms. The number of hydrogen-bond donors (Lipinski definition) is 1. The van der Waals surface area contributed by atoms with Gasteiger partial charge in [-0.05, 0) is 47.2 Å². The van der Waals surface area contributed by atoms with Crippen molar-refractivity contribution < 1.29 is 22.8 Å². The molecule has 1 heterocycles. The minimum absolute atomic E-state index is 0.0980. The van der Waals surface area contributed by atoms with Crippen LogP contribution < -0.4 is 4.31 Å². The molecule has 0 fully saturated rings. The number of aliphatic carboxylic acids is 1. The second-order valence-electron chi connectivity index (χ2n) is 7.87. The number of halogens is 2. The number of anilines is 1. The van der Waals surface area contributed by atoms with Crippen LogP contribution in [0, 0.1) is 0 Å². The van der Waals surface area contributed by atoms with Crippen LogP contribution in [-0.2, 0) is 14.8 Å². The van der Waals surface area contributed by atoms with Crippen molar-refractivity contribution in [2.24, 2.45) is 0 Å². The molecule has 0 aliphatic rings. The van der Waals surface area contributed by atoms with Crippen LogP contribution in [0.2, 0.25) is 10.0 Å². The summed E-state index contributed by atoms with van der Waals surface area (Å²) in [6.07, 6.45) is 0. The van der Waals surface area contributed by atoms with E-state index in [1.807, 2.05) is 19.9 Å². The number of carboxylic acids is 1. The Hall–Kier alpha value is -3.14. The van der Waals surface area contributed by atoms with E-state index in [4.69, 9.17) is 27.7 Å². The van der Waals surface area contributed by atoms with Crippen LogP contribution in [0.25, 0.3) is 22.2 Å². The molecule has 176 valence electrons. The van der Waals surface area contributed by atoms with Crippen LogP contribution in [0.15, 0.2) is 64.0 Å². The molecule has 0 aliphatic heterocycles. The molecule has 0 saturated heterocycles. The normalized spacial score (nSPS) is 11.8. The van der Waals surface area contributed by atoms with E-state index in [2.05, 4.69) is 10.1 Å². The number of benzene rings is 3. The van der Waals surface area contributed by atoms with Crippen LogP contribution in [0.4, 0.5) is 5.69 Å². The first-order valence-electron chi connectivity index (χ1n) is 10.1. The van der Waals surface area contributed by atoms with E-state index >= 15 is 0 Å². The molecule has 0 unspecified atom stereocenters. The van der Waals surface area contributed by atoms with Crippen LogP contribution in [0.1, 0.15) is 25.7 Å². The molecule has 8 nitrogen and oxygen atoms in total. The molecule has 11 heteroatoms. The van der Waals surface area contributed by atoms with E-state index in [0.717, 1.165) is 15.3 Å². The largest absolute Gasteiger partial charge is 0.480 e. The fraction of sp³-hybridized carbons (Fsp3) is 0.174. The quantitative estimate of drug-likeness (QED) is 0.337. The molecular weight excluding hydrogens is 501 g/mol. The molecular formula is C23H19Cl2N3O5S. The summed E-state index contributed by atoms with van der Waals surface area (Å²) in [4.78, 5) is 15.7. The second-order valence-corrected chi connectivity index (χ2v) is 10.6. The van der Waals surface area contributed by atoms with Crippen molar-refractivity contribution >= 4 is 55.7 Å². The summed E-state index contributed by atoms with van der Waals surface area (Å²) < 4.78 is 32.7. The van der Waals surface area contributed by atoms with Gasteiger partial charge in [-0.3, -0.25) is 9.10 Å². The lowest BCUT2D eigenvalue weighted by atomic mass is 10.1. The summed E-state index contributed by atoms with van der Waals surface area (Å²) in [6, 6.07) is 14.1. The maximum Gasteiger partial charge on any atom is 0.324 e. The van der Waals surface area contributed by atoms with Gasteiger partial charge in [0.05, 0.1) is 10.6 Å². The van der Waals surface area contributed by atoms with E-state index < -0.39 is 22.5 Å². The predicted molar refractivity (Wildman–Crippen MR) is 130 cm³/mol. The molecule has 0 spiro atoms. The van der Waals surface area contributed by atoms with Crippen molar-refractivity contribution in [3.8, 4) is 11.4 Å². The second kappa shape index (κ2) is 9.25. The van der Waals surface area contributed by atoms with E-state index in [0.29, 0.717) is 17.1 Å². The summed E-state index contributed by atoms with van der Waals surface area (Å²) in [5, 5.41) is 15.1. The smallest absolute Gasteiger partial charge is 0.324 e. The monoisotopic (exact) mass is 519 g/mol. The van der Waals surface area contributed by atoms with Crippen LogP contribution in [-0.4, -0.2) is 36.2 Å². The standard InChI is InChI=1S/C23H19Cl2N3O5S/c1-13(2)23-26-22(27-33-23)16-4-3-15-8-19(6-5-14(15)7-16)28(12-21(29)30)34(31,32)20-10-17(24)9-18(25)11-20/h3-11,13H,12H2,1-2H3,(H,29,30). The maximum atomic E-state index is 13.3. The van der Waals surface area contributed by atoms with Gasteiger partial charge in [0.15, 0.2) is 0 Å². The minimum Gasteiger partial charge on any atom is -0.480 e. The Morgan fingerprint density at radius 2 is 1.68 bits per heavy atom. The molecule has 0 atom stereocenters. The lowest BCUT2D eigenvalue weighted by Gasteiger charge is -2.23. The predicted octanol–water partition coefficient (Wildman–Crippen LogP) is 5.60. The first-order valence-corrected chi connectivity index (χ1v) is 12.3. The highest BCUT2D eigenvalue weighted by Crippen LogP contribution is 2.31. The van der Waals surface area contributed by atoms with Gasteiger partial charge in [0, 0.05) is 21.5 Å². The lowest BCUT2D eigenvalue weighted by molar-refractivity contribution is -0.135. The van der Waals surface area contributed by atoms with Crippen LogP contribution in [0.3, 0.4) is 0 Å². The van der Waals surface area contributed by atoms with Crippen molar-refractivity contribution in [1.82, 2.24) is 10.1 Å². The minimum atomic E-state index is -4.27. The van der Waals surface area contributed by atoms with Crippen LogP contribution in [0.5, 0.6) is 0 Å². The molecule has 0 amide bonds. The highest BCUT2D eigenvalue weighted by atomic mass is 35.5. The Labute approximate surface area is 205 Å². The van der Waals surface area contributed by atoms with Gasteiger partial charge < -0.3 is 9.63 Å². The molecule has 3 aromatic carbocycles. The van der Waals surface area contributed by atoms with Crippen molar-refractivity contribution in [3.05, 3.63) is 70.5 Å². The van der Waals surface area contributed by atoms with Gasteiger partial charge in [-0.15, -0.1) is 0 Å². The molecule has 4 rings (SSSR count). The van der Waals surface area contributed by atoms with Crippen molar-refractivity contribution in [2.45, 2.75) is 24.7 Å². The Morgan fingerprint density at radius 1 is 1.03 bits per heavy atom. The molecule has 1 N–H and O–H groups in total. The first kappa shape index (κ1) is 24.0. The third-order valence-electron chi connectivity index (χ3n) is 5.01. The average Bonchev–Trinajstić information content (AvgIpc) is 3.27. The molecule has 34 heavy (non-hydrogen) atoms. The maximum absolute atomic E-state index is 13.3. The Balaban J connectivity index is 1.76. The Morgan fingerprint density at radius 3 is 2.29 bits per heavy atom.